The van der Waals surface area contributed by atoms with E-state index in [1.165, 1.54) is 0 Å². The topological polar surface area (TPSA) is 85.4 Å². The van der Waals surface area contributed by atoms with Crippen LogP contribution >= 0.6 is 0 Å². The first kappa shape index (κ1) is 16.0. The number of hydrogen-bond donors (Lipinski definition) is 1. The number of quaternary nitrogens is 1. The fourth-order valence-corrected chi connectivity index (χ4v) is 2.90. The third-order valence-corrected chi connectivity index (χ3v) is 4.11. The monoisotopic (exact) mass is 352 g/mol. The quantitative estimate of drug-likeness (QED) is 0.854. The molecule has 1 aromatic heterocycles. The lowest BCUT2D eigenvalue weighted by Crippen LogP contribution is -2.44. The van der Waals surface area contributed by atoms with E-state index < -0.39 is 0 Å². The summed E-state index contributed by atoms with van der Waals surface area (Å²) in [5.74, 6) is 2.32. The van der Waals surface area contributed by atoms with Gasteiger partial charge in [-0.3, -0.25) is 9.67 Å². The number of ether oxygens (including phenoxy) is 2. The van der Waals surface area contributed by atoms with Crippen molar-refractivity contribution in [2.45, 2.75) is 0 Å². The number of rotatable bonds is 4. The van der Waals surface area contributed by atoms with Crippen molar-refractivity contribution in [1.82, 2.24) is 14.4 Å². The van der Waals surface area contributed by atoms with E-state index >= 15 is 0 Å². The average molecular weight is 352 g/mol. The van der Waals surface area contributed by atoms with Crippen LogP contribution in [0.4, 0.5) is 11.4 Å². The molecule has 1 unspecified atom stereocenters. The standard InChI is InChI=1S/C17H18N7O2/c1-23-11-12(9-19-23)24-8-7-18-10-15(24)21-17(22-24)20-13-5-4-6-14(25-2)16(13)26-3/h4-11H,1-3H3,(H,20,22)/q+1. The van der Waals surface area contributed by atoms with Gasteiger partial charge in [0.1, 0.15) is 12.4 Å². The Morgan fingerprint density at radius 3 is 2.81 bits per heavy atom. The Morgan fingerprint density at radius 1 is 1.19 bits per heavy atom. The second-order valence-corrected chi connectivity index (χ2v) is 5.69. The Morgan fingerprint density at radius 2 is 2.08 bits per heavy atom. The van der Waals surface area contributed by atoms with Crippen molar-refractivity contribution in [3.63, 3.8) is 0 Å². The molecule has 0 saturated carbocycles. The van der Waals surface area contributed by atoms with Crippen molar-refractivity contribution in [2.24, 2.45) is 22.1 Å². The highest BCUT2D eigenvalue weighted by Crippen LogP contribution is 2.36. The maximum atomic E-state index is 5.46. The SMILES string of the molecule is COc1cccc(NC2=N[N+]3(c4cnn(C)c4)C=CN=CC3=N2)c1OC. The minimum atomic E-state index is 0.0754. The van der Waals surface area contributed by atoms with Crippen LogP contribution in [0.3, 0.4) is 0 Å². The van der Waals surface area contributed by atoms with Crippen LogP contribution in [0.15, 0.2) is 58.1 Å². The van der Waals surface area contributed by atoms with E-state index in [1.807, 2.05) is 37.6 Å². The Kier molecular flexibility index (Phi) is 3.77. The summed E-state index contributed by atoms with van der Waals surface area (Å²) in [7, 11) is 5.05. The van der Waals surface area contributed by atoms with Crippen molar-refractivity contribution in [3.05, 3.63) is 43.0 Å². The second-order valence-electron chi connectivity index (χ2n) is 5.69. The van der Waals surface area contributed by atoms with E-state index in [0.29, 0.717) is 29.0 Å². The summed E-state index contributed by atoms with van der Waals surface area (Å²) in [6.45, 7) is 0. The zero-order chi connectivity index (χ0) is 18.1. The molecule has 132 valence electrons. The maximum absolute atomic E-state index is 5.46. The third-order valence-electron chi connectivity index (χ3n) is 4.11. The van der Waals surface area contributed by atoms with Crippen molar-refractivity contribution >= 4 is 29.4 Å². The number of anilines is 1. The Bertz CT molecular complexity index is 973. The largest absolute Gasteiger partial charge is 0.493 e. The molecule has 1 aromatic carbocycles. The summed E-state index contributed by atoms with van der Waals surface area (Å²) in [5, 5.41) is 12.2. The van der Waals surface area contributed by atoms with E-state index in [4.69, 9.17) is 14.6 Å². The molecule has 0 spiro atoms. The number of fused-ring (bicyclic) bond motifs is 1. The molecule has 0 fully saturated rings. The van der Waals surface area contributed by atoms with Gasteiger partial charge in [0.05, 0.1) is 32.3 Å². The van der Waals surface area contributed by atoms with Gasteiger partial charge in [-0.1, -0.05) is 10.7 Å². The van der Waals surface area contributed by atoms with Crippen molar-refractivity contribution in [2.75, 3.05) is 19.5 Å². The maximum Gasteiger partial charge on any atom is 0.287 e. The van der Waals surface area contributed by atoms with Crippen LogP contribution in [0.1, 0.15) is 0 Å². The molecule has 0 bridgehead atoms. The van der Waals surface area contributed by atoms with Gasteiger partial charge in [0, 0.05) is 7.05 Å². The van der Waals surface area contributed by atoms with Gasteiger partial charge in [-0.15, -0.1) is 0 Å². The number of nitrogens with zero attached hydrogens (tertiary/aromatic N) is 6. The van der Waals surface area contributed by atoms with Crippen molar-refractivity contribution in [3.8, 4) is 11.5 Å². The summed E-state index contributed by atoms with van der Waals surface area (Å²) < 4.78 is 12.6. The van der Waals surface area contributed by atoms with E-state index in [2.05, 4.69) is 20.4 Å². The number of amidine groups is 1. The van der Waals surface area contributed by atoms with Gasteiger partial charge in [-0.05, 0) is 17.2 Å². The first-order valence-electron chi connectivity index (χ1n) is 7.92. The van der Waals surface area contributed by atoms with Crippen molar-refractivity contribution < 1.29 is 9.47 Å². The number of nitrogens with one attached hydrogen (secondary N) is 1. The molecule has 0 saturated heterocycles. The lowest BCUT2D eigenvalue weighted by Gasteiger charge is -2.21. The molecule has 2 aromatic rings. The summed E-state index contributed by atoms with van der Waals surface area (Å²) in [4.78, 5) is 8.76. The lowest BCUT2D eigenvalue weighted by molar-refractivity contribution is 0.356. The average Bonchev–Trinajstić information content (AvgIpc) is 3.25. The Hall–Kier alpha value is -3.46. The second kappa shape index (κ2) is 6.12. The molecule has 9 nitrogen and oxygen atoms in total. The fourth-order valence-electron chi connectivity index (χ4n) is 2.90. The summed E-state index contributed by atoms with van der Waals surface area (Å²) in [5.41, 5.74) is 1.57. The van der Waals surface area contributed by atoms with E-state index in [9.17, 15) is 0 Å². The van der Waals surface area contributed by atoms with Gasteiger partial charge in [-0.2, -0.15) is 10.1 Å². The molecule has 3 heterocycles. The number of aliphatic imine (C=N–C) groups is 2. The van der Waals surface area contributed by atoms with Crippen LogP contribution in [-0.2, 0) is 7.05 Å². The Labute approximate surface area is 150 Å². The fraction of sp³-hybridized carbons (Fsp3) is 0.176. The number of methoxy groups -OCH3 is 2. The summed E-state index contributed by atoms with van der Waals surface area (Å²) in [6, 6.07) is 5.57. The molecule has 1 atom stereocenters. The van der Waals surface area contributed by atoms with E-state index in [0.717, 1.165) is 5.69 Å². The molecular formula is C17H18N7O2+. The van der Waals surface area contributed by atoms with E-state index in [-0.39, 0.29) is 4.59 Å². The first-order chi connectivity index (χ1) is 12.7. The molecule has 2 aliphatic heterocycles. The van der Waals surface area contributed by atoms with Crippen molar-refractivity contribution in [1.29, 1.82) is 0 Å². The zero-order valence-electron chi connectivity index (χ0n) is 14.6. The number of hydrogen-bond acceptors (Lipinski definition) is 7. The molecule has 0 amide bonds. The molecule has 1 N–H and O–H groups in total. The molecule has 0 radical (unpaired) electrons. The molecule has 2 aliphatic rings. The summed E-state index contributed by atoms with van der Waals surface area (Å²) in [6.07, 6.45) is 8.90. The van der Waals surface area contributed by atoms with Crippen LogP contribution in [0, 0.1) is 0 Å². The molecule has 4 rings (SSSR count). The van der Waals surface area contributed by atoms with Gasteiger partial charge in [0.2, 0.25) is 5.69 Å². The first-order valence-corrected chi connectivity index (χ1v) is 7.92. The normalized spacial score (nSPS) is 20.4. The predicted octanol–water partition coefficient (Wildman–Crippen LogP) is 2.10. The molecule has 26 heavy (non-hydrogen) atoms. The molecule has 9 heteroatoms. The lowest BCUT2D eigenvalue weighted by atomic mass is 10.2. The van der Waals surface area contributed by atoms with Crippen LogP contribution in [0.5, 0.6) is 11.5 Å². The van der Waals surface area contributed by atoms with Gasteiger partial charge in [-0.25, -0.2) is 0 Å². The van der Waals surface area contributed by atoms with Gasteiger partial charge in [0.15, 0.2) is 17.7 Å². The van der Waals surface area contributed by atoms with Crippen LogP contribution in [0.2, 0.25) is 0 Å². The summed E-state index contributed by atoms with van der Waals surface area (Å²) >= 11 is 0. The number of para-hydroxylation sites is 1. The minimum Gasteiger partial charge on any atom is -0.493 e. The zero-order valence-corrected chi connectivity index (χ0v) is 14.6. The highest BCUT2D eigenvalue weighted by atomic mass is 16.5. The number of benzene rings is 1. The molecule has 0 aliphatic carbocycles. The highest BCUT2D eigenvalue weighted by molar-refractivity contribution is 6.38. The smallest absolute Gasteiger partial charge is 0.287 e. The Balaban J connectivity index is 1.74. The van der Waals surface area contributed by atoms with Crippen LogP contribution in [0.25, 0.3) is 0 Å². The molecular weight excluding hydrogens is 334 g/mol. The van der Waals surface area contributed by atoms with Crippen LogP contribution < -0.4 is 19.4 Å². The number of guanidine groups is 1. The number of aromatic nitrogens is 2. The number of aryl methyl sites for hydroxylation is 1. The van der Waals surface area contributed by atoms with Gasteiger partial charge < -0.3 is 14.8 Å². The highest BCUT2D eigenvalue weighted by Gasteiger charge is 2.43. The van der Waals surface area contributed by atoms with E-state index in [1.54, 1.807) is 37.5 Å². The minimum absolute atomic E-state index is 0.0754. The van der Waals surface area contributed by atoms with Crippen LogP contribution in [-0.4, -0.2) is 42.0 Å². The van der Waals surface area contributed by atoms with Gasteiger partial charge >= 0.3 is 0 Å². The predicted molar refractivity (Wildman–Crippen MR) is 101 cm³/mol. The third kappa shape index (κ3) is 2.45. The van der Waals surface area contributed by atoms with Gasteiger partial charge in [0.25, 0.3) is 11.8 Å².